The lowest BCUT2D eigenvalue weighted by molar-refractivity contribution is -0.142. The number of amides is 2. The maximum atomic E-state index is 13.0. The third-order valence-electron chi connectivity index (χ3n) is 8.75. The largest absolute Gasteiger partial charge is 0.447 e. The minimum atomic E-state index is -2.84. The van der Waals surface area contributed by atoms with Crippen LogP contribution in [0.2, 0.25) is 0 Å². The summed E-state index contributed by atoms with van der Waals surface area (Å²) < 4.78 is 29.2. The predicted octanol–water partition coefficient (Wildman–Crippen LogP) is 2.91. The molecular formula is C25H43N3O5S. The van der Waals surface area contributed by atoms with Crippen molar-refractivity contribution < 1.29 is 22.7 Å². The molecule has 4 atom stereocenters. The van der Waals surface area contributed by atoms with Gasteiger partial charge in [-0.2, -0.15) is 0 Å². The third-order valence-corrected chi connectivity index (χ3v) is 10.4. The maximum absolute atomic E-state index is 13.0. The van der Waals surface area contributed by atoms with Crippen molar-refractivity contribution >= 4 is 21.8 Å². The molecule has 8 nitrogen and oxygen atoms in total. The van der Waals surface area contributed by atoms with E-state index in [4.69, 9.17) is 4.74 Å². The molecule has 0 bridgehead atoms. The van der Waals surface area contributed by atoms with E-state index in [1.54, 1.807) is 6.92 Å². The number of rotatable bonds is 3. The summed E-state index contributed by atoms with van der Waals surface area (Å²) in [6.07, 6.45) is 7.16. The van der Waals surface area contributed by atoms with E-state index < -0.39 is 9.84 Å². The Morgan fingerprint density at radius 3 is 2.12 bits per heavy atom. The Kier molecular flexibility index (Phi) is 7.82. The first-order chi connectivity index (χ1) is 16.1. The highest BCUT2D eigenvalue weighted by molar-refractivity contribution is 7.91. The SMILES string of the molecule is CC(=O)N1C2CCC(C3CCC(N4CCS(=O)(=O)CC4)CC3)CC2N(C(=O)OC(C)C)C[C@@H]1C. The van der Waals surface area contributed by atoms with Gasteiger partial charge in [-0.05, 0) is 77.6 Å². The number of carbonyl (C=O) groups is 2. The van der Waals surface area contributed by atoms with Crippen LogP contribution in [0.5, 0.6) is 0 Å². The molecular weight excluding hydrogens is 454 g/mol. The summed E-state index contributed by atoms with van der Waals surface area (Å²) in [5, 5.41) is 0. The molecule has 0 aromatic carbocycles. The quantitative estimate of drug-likeness (QED) is 0.596. The molecule has 2 aliphatic heterocycles. The van der Waals surface area contributed by atoms with Crippen molar-refractivity contribution in [2.45, 2.75) is 103 Å². The first-order valence-electron chi connectivity index (χ1n) is 13.3. The Balaban J connectivity index is 1.40. The number of fused-ring (bicyclic) bond motifs is 1. The summed E-state index contributed by atoms with van der Waals surface area (Å²) in [5.74, 6) is 1.89. The van der Waals surface area contributed by atoms with Crippen LogP contribution in [0.15, 0.2) is 0 Å². The van der Waals surface area contributed by atoms with Gasteiger partial charge in [-0.25, -0.2) is 13.2 Å². The Morgan fingerprint density at radius 1 is 0.912 bits per heavy atom. The summed E-state index contributed by atoms with van der Waals surface area (Å²) in [4.78, 5) is 31.8. The molecule has 4 aliphatic rings. The lowest BCUT2D eigenvalue weighted by Crippen LogP contribution is -2.67. The minimum absolute atomic E-state index is 0.00110. The lowest BCUT2D eigenvalue weighted by atomic mass is 9.68. The average Bonchev–Trinajstić information content (AvgIpc) is 2.77. The van der Waals surface area contributed by atoms with Crippen molar-refractivity contribution in [1.82, 2.24) is 14.7 Å². The van der Waals surface area contributed by atoms with Gasteiger partial charge in [0.1, 0.15) is 0 Å². The number of piperazine rings is 1. The van der Waals surface area contributed by atoms with Crippen LogP contribution in [-0.2, 0) is 19.4 Å². The number of sulfone groups is 1. The molecule has 2 saturated carbocycles. The number of ether oxygens (including phenoxy) is 1. The standard InChI is InChI=1S/C25H43N3O5S/c1-17(2)33-25(30)27-16-18(3)28(19(4)29)23-10-7-21(15-24(23)27)20-5-8-22(9-6-20)26-11-13-34(31,32)14-12-26/h17-18,20-24H,5-16H2,1-4H3/t18-,20?,21?,22?,23?,24?/m0/s1. The van der Waals surface area contributed by atoms with Crippen LogP contribution in [0.4, 0.5) is 4.79 Å². The zero-order chi connectivity index (χ0) is 24.6. The normalized spacial score (nSPS) is 36.7. The van der Waals surface area contributed by atoms with Crippen LogP contribution in [0.25, 0.3) is 0 Å². The third kappa shape index (κ3) is 5.55. The van der Waals surface area contributed by atoms with Crippen molar-refractivity contribution in [2.24, 2.45) is 11.8 Å². The van der Waals surface area contributed by atoms with Crippen LogP contribution >= 0.6 is 0 Å². The van der Waals surface area contributed by atoms with E-state index in [1.165, 1.54) is 12.8 Å². The number of hydrogen-bond acceptors (Lipinski definition) is 6. The maximum Gasteiger partial charge on any atom is 0.410 e. The van der Waals surface area contributed by atoms with Gasteiger partial charge in [-0.1, -0.05) is 0 Å². The molecule has 2 saturated heterocycles. The zero-order valence-electron chi connectivity index (χ0n) is 21.3. The molecule has 34 heavy (non-hydrogen) atoms. The van der Waals surface area contributed by atoms with Gasteiger partial charge in [0.05, 0.1) is 29.7 Å². The molecule has 2 heterocycles. The molecule has 2 amide bonds. The smallest absolute Gasteiger partial charge is 0.410 e. The number of hydrogen-bond donors (Lipinski definition) is 0. The molecule has 0 aromatic heterocycles. The summed E-state index contributed by atoms with van der Waals surface area (Å²) in [5.41, 5.74) is 0. The second-order valence-corrected chi connectivity index (χ2v) is 13.6. The zero-order valence-corrected chi connectivity index (χ0v) is 22.1. The van der Waals surface area contributed by atoms with Crippen molar-refractivity contribution in [2.75, 3.05) is 31.1 Å². The number of carbonyl (C=O) groups excluding carboxylic acids is 2. The van der Waals surface area contributed by atoms with Gasteiger partial charge in [-0.15, -0.1) is 0 Å². The molecule has 4 rings (SSSR count). The Bertz CT molecular complexity index is 841. The topological polar surface area (TPSA) is 87.2 Å². The van der Waals surface area contributed by atoms with Crippen LogP contribution in [0, 0.1) is 11.8 Å². The fourth-order valence-corrected chi connectivity index (χ4v) is 8.37. The van der Waals surface area contributed by atoms with Crippen molar-refractivity contribution in [1.29, 1.82) is 0 Å². The van der Waals surface area contributed by atoms with E-state index >= 15 is 0 Å². The molecule has 0 N–H and O–H groups in total. The summed E-state index contributed by atoms with van der Waals surface area (Å²) >= 11 is 0. The Morgan fingerprint density at radius 2 is 1.53 bits per heavy atom. The first-order valence-corrected chi connectivity index (χ1v) is 15.1. The van der Waals surface area contributed by atoms with Gasteiger partial charge >= 0.3 is 6.09 Å². The van der Waals surface area contributed by atoms with Gasteiger partial charge in [0.2, 0.25) is 5.91 Å². The van der Waals surface area contributed by atoms with Crippen LogP contribution < -0.4 is 0 Å². The van der Waals surface area contributed by atoms with Crippen LogP contribution in [0.1, 0.15) is 72.6 Å². The van der Waals surface area contributed by atoms with E-state index in [2.05, 4.69) is 4.90 Å². The fourth-order valence-electron chi connectivity index (χ4n) is 7.14. The monoisotopic (exact) mass is 497 g/mol. The molecule has 9 heteroatoms. The number of nitrogens with zero attached hydrogens (tertiary/aromatic N) is 3. The van der Waals surface area contributed by atoms with E-state index in [9.17, 15) is 18.0 Å². The van der Waals surface area contributed by atoms with Crippen molar-refractivity contribution in [3.63, 3.8) is 0 Å². The highest BCUT2D eigenvalue weighted by Gasteiger charge is 2.48. The molecule has 0 radical (unpaired) electrons. The van der Waals surface area contributed by atoms with E-state index in [0.29, 0.717) is 49.0 Å². The second kappa shape index (κ2) is 10.3. The Labute approximate surface area is 205 Å². The lowest BCUT2D eigenvalue weighted by Gasteiger charge is -2.54. The van der Waals surface area contributed by atoms with Gasteiger partial charge in [0, 0.05) is 38.6 Å². The molecule has 3 unspecified atom stereocenters. The molecule has 0 spiro atoms. The predicted molar refractivity (Wildman–Crippen MR) is 131 cm³/mol. The first kappa shape index (κ1) is 25.7. The van der Waals surface area contributed by atoms with Gasteiger partial charge in [0.25, 0.3) is 0 Å². The second-order valence-electron chi connectivity index (χ2n) is 11.3. The van der Waals surface area contributed by atoms with Crippen LogP contribution in [0.3, 0.4) is 0 Å². The summed E-state index contributed by atoms with van der Waals surface area (Å²) in [7, 11) is -2.84. The highest BCUT2D eigenvalue weighted by Crippen LogP contribution is 2.43. The van der Waals surface area contributed by atoms with Gasteiger partial charge < -0.3 is 14.5 Å². The summed E-state index contributed by atoms with van der Waals surface area (Å²) in [6, 6.07) is 0.599. The molecule has 2 aliphatic carbocycles. The van der Waals surface area contributed by atoms with Crippen LogP contribution in [-0.4, -0.2) is 96.5 Å². The van der Waals surface area contributed by atoms with E-state index in [1.807, 2.05) is 30.6 Å². The van der Waals surface area contributed by atoms with E-state index in [-0.39, 0.29) is 36.2 Å². The summed E-state index contributed by atoms with van der Waals surface area (Å²) in [6.45, 7) is 9.33. The fraction of sp³-hybridized carbons (Fsp3) is 0.920. The minimum Gasteiger partial charge on any atom is -0.447 e. The molecule has 194 valence electrons. The van der Waals surface area contributed by atoms with Crippen molar-refractivity contribution in [3.05, 3.63) is 0 Å². The van der Waals surface area contributed by atoms with E-state index in [0.717, 1.165) is 32.1 Å². The average molecular weight is 498 g/mol. The van der Waals surface area contributed by atoms with Gasteiger partial charge in [-0.3, -0.25) is 9.69 Å². The highest BCUT2D eigenvalue weighted by atomic mass is 32.2. The van der Waals surface area contributed by atoms with Crippen molar-refractivity contribution in [3.8, 4) is 0 Å². The Hall–Kier alpha value is -1.35. The molecule has 4 fully saturated rings. The van der Waals surface area contributed by atoms with Gasteiger partial charge in [0.15, 0.2) is 9.84 Å². The molecule has 0 aromatic rings.